The van der Waals surface area contributed by atoms with Crippen LogP contribution in [0.5, 0.6) is 0 Å². The third kappa shape index (κ3) is 4.11. The smallest absolute Gasteiger partial charge is 0.258 e. The van der Waals surface area contributed by atoms with E-state index in [1.165, 1.54) is 10.5 Å². The van der Waals surface area contributed by atoms with Crippen LogP contribution in [0.25, 0.3) is 5.65 Å². The molecule has 158 valence electrons. The molecule has 0 saturated carbocycles. The van der Waals surface area contributed by atoms with Crippen molar-refractivity contribution in [2.45, 2.75) is 44.6 Å². The van der Waals surface area contributed by atoms with Crippen LogP contribution in [0.4, 0.5) is 5.69 Å². The Hall–Kier alpha value is -2.71. The Morgan fingerprint density at radius 3 is 2.57 bits per heavy atom. The predicted octanol–water partition coefficient (Wildman–Crippen LogP) is 3.10. The van der Waals surface area contributed by atoms with E-state index < -0.39 is 10.0 Å². The Bertz CT molecular complexity index is 1240. The van der Waals surface area contributed by atoms with Crippen LogP contribution in [-0.4, -0.2) is 35.2 Å². The molecule has 0 unspecified atom stereocenters. The van der Waals surface area contributed by atoms with E-state index in [0.717, 1.165) is 36.1 Å². The van der Waals surface area contributed by atoms with Gasteiger partial charge < -0.3 is 5.32 Å². The third-order valence-electron chi connectivity index (χ3n) is 5.48. The molecule has 7 nitrogen and oxygen atoms in total. The van der Waals surface area contributed by atoms with Crippen LogP contribution in [0.2, 0.25) is 0 Å². The summed E-state index contributed by atoms with van der Waals surface area (Å²) in [6.45, 7) is 5.32. The highest BCUT2D eigenvalue weighted by Gasteiger charge is 2.26. The highest BCUT2D eigenvalue weighted by molar-refractivity contribution is 7.89. The highest BCUT2D eigenvalue weighted by atomic mass is 32.2. The summed E-state index contributed by atoms with van der Waals surface area (Å²) in [6, 6.07) is 10.4. The van der Waals surface area contributed by atoms with Gasteiger partial charge in [-0.2, -0.15) is 4.31 Å². The van der Waals surface area contributed by atoms with E-state index in [4.69, 9.17) is 0 Å². The van der Waals surface area contributed by atoms with Crippen molar-refractivity contribution in [2.24, 2.45) is 0 Å². The highest BCUT2D eigenvalue weighted by Crippen LogP contribution is 2.25. The van der Waals surface area contributed by atoms with Crippen molar-refractivity contribution in [1.82, 2.24) is 13.7 Å². The first-order valence-electron chi connectivity index (χ1n) is 10.2. The molecular weight excluding hydrogens is 400 g/mol. The van der Waals surface area contributed by atoms with Crippen molar-refractivity contribution in [3.05, 3.63) is 69.8 Å². The van der Waals surface area contributed by atoms with Crippen LogP contribution in [0.1, 0.15) is 36.1 Å². The number of fused-ring (bicyclic) bond motifs is 1. The molecule has 1 aliphatic heterocycles. The zero-order valence-electron chi connectivity index (χ0n) is 17.3. The van der Waals surface area contributed by atoms with Gasteiger partial charge in [0, 0.05) is 31.0 Å². The zero-order valence-corrected chi connectivity index (χ0v) is 18.1. The molecule has 3 aromatic rings. The first-order valence-corrected chi connectivity index (χ1v) is 11.6. The average Bonchev–Trinajstić information content (AvgIpc) is 2.74. The average molecular weight is 427 g/mol. The molecule has 0 radical (unpaired) electrons. The Morgan fingerprint density at radius 1 is 1.03 bits per heavy atom. The van der Waals surface area contributed by atoms with Crippen molar-refractivity contribution in [3.63, 3.8) is 0 Å². The minimum Gasteiger partial charge on any atom is -0.379 e. The van der Waals surface area contributed by atoms with Gasteiger partial charge in [0.1, 0.15) is 5.65 Å². The normalized spacial score (nSPS) is 15.4. The summed E-state index contributed by atoms with van der Waals surface area (Å²) >= 11 is 0. The van der Waals surface area contributed by atoms with Crippen molar-refractivity contribution in [3.8, 4) is 0 Å². The van der Waals surface area contributed by atoms with Gasteiger partial charge in [-0.05, 0) is 56.0 Å². The topological polar surface area (TPSA) is 83.8 Å². The lowest BCUT2D eigenvalue weighted by Gasteiger charge is -2.26. The van der Waals surface area contributed by atoms with E-state index in [2.05, 4.69) is 10.3 Å². The van der Waals surface area contributed by atoms with Gasteiger partial charge in [-0.3, -0.25) is 9.20 Å². The molecule has 1 saturated heterocycles. The summed E-state index contributed by atoms with van der Waals surface area (Å²) in [7, 11) is -3.50. The number of rotatable bonds is 5. The van der Waals surface area contributed by atoms with Gasteiger partial charge in [0.05, 0.1) is 17.1 Å². The lowest BCUT2D eigenvalue weighted by atomic mass is 10.2. The summed E-state index contributed by atoms with van der Waals surface area (Å²) < 4.78 is 29.1. The molecule has 1 aromatic carbocycles. The summed E-state index contributed by atoms with van der Waals surface area (Å²) in [5, 5.41) is 3.25. The lowest BCUT2D eigenvalue weighted by Crippen LogP contribution is -2.35. The fraction of sp³-hybridized carbons (Fsp3) is 0.364. The van der Waals surface area contributed by atoms with Crippen LogP contribution in [0.15, 0.2) is 52.3 Å². The van der Waals surface area contributed by atoms with Gasteiger partial charge in [-0.15, -0.1) is 0 Å². The summed E-state index contributed by atoms with van der Waals surface area (Å²) in [5.41, 5.74) is 3.69. The van der Waals surface area contributed by atoms with E-state index in [1.54, 1.807) is 22.6 Å². The summed E-state index contributed by atoms with van der Waals surface area (Å²) in [6.07, 6.45) is 4.64. The second-order valence-electron chi connectivity index (χ2n) is 7.82. The van der Waals surface area contributed by atoms with E-state index in [1.807, 2.05) is 32.0 Å². The van der Waals surface area contributed by atoms with E-state index in [9.17, 15) is 13.2 Å². The summed E-state index contributed by atoms with van der Waals surface area (Å²) in [5.74, 6) is 0. The number of sulfonamides is 1. The molecule has 30 heavy (non-hydrogen) atoms. The van der Waals surface area contributed by atoms with Gasteiger partial charge in [0.25, 0.3) is 5.56 Å². The van der Waals surface area contributed by atoms with Crippen molar-refractivity contribution >= 4 is 21.4 Å². The fourth-order valence-corrected chi connectivity index (χ4v) is 5.28. The lowest BCUT2D eigenvalue weighted by molar-refractivity contribution is 0.346. The predicted molar refractivity (Wildman–Crippen MR) is 117 cm³/mol. The van der Waals surface area contributed by atoms with E-state index in [0.29, 0.717) is 35.9 Å². The Balaban J connectivity index is 1.58. The van der Waals surface area contributed by atoms with Gasteiger partial charge in [-0.25, -0.2) is 13.4 Å². The minimum atomic E-state index is -3.50. The van der Waals surface area contributed by atoms with Crippen molar-refractivity contribution in [1.29, 1.82) is 0 Å². The fourth-order valence-electron chi connectivity index (χ4n) is 3.74. The maximum Gasteiger partial charge on any atom is 0.258 e. The number of benzene rings is 1. The molecule has 1 fully saturated rings. The maximum absolute atomic E-state index is 13.0. The summed E-state index contributed by atoms with van der Waals surface area (Å²) in [4.78, 5) is 17.2. The quantitative estimate of drug-likeness (QED) is 0.678. The van der Waals surface area contributed by atoms with E-state index >= 15 is 0 Å². The molecule has 8 heteroatoms. The number of nitrogens with one attached hydrogen (secondary N) is 1. The number of aromatic nitrogens is 2. The molecular formula is C22H26N4O3S. The largest absolute Gasteiger partial charge is 0.379 e. The monoisotopic (exact) mass is 426 g/mol. The van der Waals surface area contributed by atoms with Crippen molar-refractivity contribution in [2.75, 3.05) is 18.4 Å². The van der Waals surface area contributed by atoms with Crippen LogP contribution in [0, 0.1) is 13.8 Å². The van der Waals surface area contributed by atoms with Gasteiger partial charge in [-0.1, -0.05) is 18.6 Å². The first-order chi connectivity index (χ1) is 14.3. The number of nitrogens with zero attached hydrogens (tertiary/aromatic N) is 3. The van der Waals surface area contributed by atoms with Crippen LogP contribution >= 0.6 is 0 Å². The van der Waals surface area contributed by atoms with Gasteiger partial charge in [0.15, 0.2) is 0 Å². The number of pyridine rings is 1. The Morgan fingerprint density at radius 2 is 1.80 bits per heavy atom. The van der Waals surface area contributed by atoms with Gasteiger partial charge in [0.2, 0.25) is 10.0 Å². The van der Waals surface area contributed by atoms with E-state index in [-0.39, 0.29) is 5.56 Å². The second-order valence-corrected chi connectivity index (χ2v) is 9.75. The SMILES string of the molecule is Cc1ccc2nc(CNc3cc(S(=O)(=O)N4CCCCC4)ccc3C)cc(=O)n2c1. The number of hydrogen-bond acceptors (Lipinski definition) is 5. The molecule has 0 atom stereocenters. The Labute approximate surface area is 176 Å². The number of anilines is 1. The number of hydrogen-bond donors (Lipinski definition) is 1. The molecule has 2 aromatic heterocycles. The molecule has 0 spiro atoms. The minimum absolute atomic E-state index is 0.140. The van der Waals surface area contributed by atoms with Crippen LogP contribution < -0.4 is 10.9 Å². The molecule has 0 bridgehead atoms. The molecule has 0 aliphatic carbocycles. The third-order valence-corrected chi connectivity index (χ3v) is 7.38. The van der Waals surface area contributed by atoms with Gasteiger partial charge >= 0.3 is 0 Å². The van der Waals surface area contributed by atoms with Crippen LogP contribution in [-0.2, 0) is 16.6 Å². The molecule has 1 aliphatic rings. The molecule has 1 N–H and O–H groups in total. The molecule has 3 heterocycles. The van der Waals surface area contributed by atoms with Crippen molar-refractivity contribution < 1.29 is 8.42 Å². The number of aryl methyl sites for hydroxylation is 2. The second kappa shape index (κ2) is 8.20. The Kier molecular flexibility index (Phi) is 5.62. The molecule has 4 rings (SSSR count). The molecule has 0 amide bonds. The maximum atomic E-state index is 13.0. The zero-order chi connectivity index (χ0) is 21.3. The first kappa shape index (κ1) is 20.6. The number of piperidine rings is 1. The van der Waals surface area contributed by atoms with Crippen LogP contribution in [0.3, 0.4) is 0 Å². The standard InChI is InChI=1S/C22H26N4O3S/c1-16-6-9-21-24-18(12-22(27)26(21)15-16)14-23-20-13-19(8-7-17(20)2)30(28,29)25-10-4-3-5-11-25/h6-9,12-13,15,23H,3-5,10-11,14H2,1-2H3.